The molecule has 1 aromatic heterocycles. The van der Waals surface area contributed by atoms with Crippen molar-refractivity contribution in [1.29, 1.82) is 0 Å². The van der Waals surface area contributed by atoms with Crippen molar-refractivity contribution in [3.63, 3.8) is 0 Å². The number of rotatable bonds is 4. The van der Waals surface area contributed by atoms with Gasteiger partial charge in [0.2, 0.25) is 5.75 Å². The van der Waals surface area contributed by atoms with Gasteiger partial charge < -0.3 is 20.2 Å². The van der Waals surface area contributed by atoms with Crippen molar-refractivity contribution in [3.05, 3.63) is 28.4 Å². The second-order valence-electron chi connectivity index (χ2n) is 3.33. The topological polar surface area (TPSA) is 77.3 Å². The van der Waals surface area contributed by atoms with Crippen LogP contribution in [0.3, 0.4) is 0 Å². The predicted octanol–water partition coefficient (Wildman–Crippen LogP) is 0.730. The first-order valence-corrected chi connectivity index (χ1v) is 4.73. The fraction of sp³-hybridized carbons (Fsp3) is 0.444. The van der Waals surface area contributed by atoms with Crippen molar-refractivity contribution in [2.45, 2.75) is 12.5 Å². The molecule has 1 atom stereocenters. The number of pyridine rings is 1. The Labute approximate surface area is 86.4 Å². The van der Waals surface area contributed by atoms with E-state index in [-0.39, 0.29) is 11.6 Å². The van der Waals surface area contributed by atoms with E-state index in [1.54, 1.807) is 12.1 Å². The molecule has 0 radical (unpaired) electrons. The average molecular weight is 209 g/mol. The van der Waals surface area contributed by atoms with E-state index in [0.29, 0.717) is 12.6 Å². The van der Waals surface area contributed by atoms with Gasteiger partial charge in [-0.2, -0.15) is 0 Å². The maximum absolute atomic E-state index is 10.6. The average Bonchev–Trinajstić information content (AvgIpc) is 2.16. The van der Waals surface area contributed by atoms with Crippen LogP contribution in [0.15, 0.2) is 18.3 Å². The van der Waals surface area contributed by atoms with Gasteiger partial charge in [0, 0.05) is 6.04 Å². The molecule has 0 amide bonds. The molecule has 1 aliphatic rings. The zero-order valence-electron chi connectivity index (χ0n) is 8.05. The lowest BCUT2D eigenvalue weighted by atomic mass is 10.1. The summed E-state index contributed by atoms with van der Waals surface area (Å²) in [6.07, 6.45) is 2.43. The Morgan fingerprint density at radius 3 is 3.13 bits per heavy atom. The number of aromatic nitrogens is 1. The first kappa shape index (κ1) is 9.85. The van der Waals surface area contributed by atoms with Gasteiger partial charge in [0.05, 0.1) is 0 Å². The van der Waals surface area contributed by atoms with Gasteiger partial charge in [-0.1, -0.05) is 0 Å². The summed E-state index contributed by atoms with van der Waals surface area (Å²) in [5.74, 6) is 0.00743. The van der Waals surface area contributed by atoms with E-state index in [4.69, 9.17) is 4.74 Å². The van der Waals surface area contributed by atoms with E-state index in [2.05, 4.69) is 10.3 Å². The largest absolute Gasteiger partial charge is 0.484 e. The molecule has 1 aliphatic heterocycles. The Bertz CT molecular complexity index is 365. The van der Waals surface area contributed by atoms with Crippen molar-refractivity contribution in [3.8, 4) is 5.75 Å². The summed E-state index contributed by atoms with van der Waals surface area (Å²) in [4.78, 5) is 13.7. The molecular formula is C9H11N3O3. The molecule has 6 heteroatoms. The minimum Gasteiger partial charge on any atom is -0.484 e. The quantitative estimate of drug-likeness (QED) is 0.584. The zero-order chi connectivity index (χ0) is 10.7. The van der Waals surface area contributed by atoms with E-state index in [0.717, 1.165) is 13.0 Å². The van der Waals surface area contributed by atoms with Gasteiger partial charge in [0.25, 0.3) is 0 Å². The first-order valence-electron chi connectivity index (χ1n) is 4.73. The number of hydrogen-bond acceptors (Lipinski definition) is 5. The summed E-state index contributed by atoms with van der Waals surface area (Å²) in [7, 11) is 0. The highest BCUT2D eigenvalue weighted by molar-refractivity contribution is 5.38. The standard InChI is InChI=1S/C9H11N3O3/c13-12(14)9-8(2-1-4-11-9)15-6-7-3-5-10-7/h1-2,4,7,10H,3,5-6H2/t7-/m1/s1. The first-order chi connectivity index (χ1) is 7.27. The van der Waals surface area contributed by atoms with Gasteiger partial charge >= 0.3 is 5.82 Å². The number of ether oxygens (including phenoxy) is 1. The minimum atomic E-state index is -0.538. The highest BCUT2D eigenvalue weighted by Crippen LogP contribution is 2.23. The van der Waals surface area contributed by atoms with Crippen LogP contribution in [0, 0.1) is 10.1 Å². The van der Waals surface area contributed by atoms with Crippen LogP contribution in [0.4, 0.5) is 5.82 Å². The Morgan fingerprint density at radius 2 is 2.53 bits per heavy atom. The second kappa shape index (κ2) is 4.22. The Hall–Kier alpha value is -1.69. The van der Waals surface area contributed by atoms with Crippen LogP contribution in [-0.4, -0.2) is 29.1 Å². The maximum Gasteiger partial charge on any atom is 0.406 e. The molecule has 15 heavy (non-hydrogen) atoms. The third-order valence-electron chi connectivity index (χ3n) is 2.29. The van der Waals surface area contributed by atoms with Crippen molar-refractivity contribution < 1.29 is 9.66 Å². The lowest BCUT2D eigenvalue weighted by Crippen LogP contribution is -2.46. The lowest BCUT2D eigenvalue weighted by Gasteiger charge is -2.27. The summed E-state index contributed by atoms with van der Waals surface area (Å²) >= 11 is 0. The Kier molecular flexibility index (Phi) is 2.77. The van der Waals surface area contributed by atoms with Crippen molar-refractivity contribution in [2.75, 3.05) is 13.2 Å². The van der Waals surface area contributed by atoms with Crippen LogP contribution in [-0.2, 0) is 0 Å². The van der Waals surface area contributed by atoms with Crippen molar-refractivity contribution >= 4 is 5.82 Å². The smallest absolute Gasteiger partial charge is 0.406 e. The number of hydrogen-bond donors (Lipinski definition) is 1. The SMILES string of the molecule is O=[N+]([O-])c1ncccc1OC[C@H]1CCN1. The molecule has 0 aliphatic carbocycles. The molecule has 0 saturated carbocycles. The van der Waals surface area contributed by atoms with E-state index in [1.165, 1.54) is 6.20 Å². The summed E-state index contributed by atoms with van der Waals surface area (Å²) in [5.41, 5.74) is 0. The lowest BCUT2D eigenvalue weighted by molar-refractivity contribution is -0.390. The highest BCUT2D eigenvalue weighted by atomic mass is 16.6. The van der Waals surface area contributed by atoms with Gasteiger partial charge in [-0.25, -0.2) is 0 Å². The van der Waals surface area contributed by atoms with Crippen molar-refractivity contribution in [2.24, 2.45) is 0 Å². The molecule has 0 unspecified atom stereocenters. The third-order valence-corrected chi connectivity index (χ3v) is 2.29. The fourth-order valence-corrected chi connectivity index (χ4v) is 1.31. The molecule has 2 heterocycles. The van der Waals surface area contributed by atoms with Crippen LogP contribution >= 0.6 is 0 Å². The van der Waals surface area contributed by atoms with Gasteiger partial charge in [0.1, 0.15) is 12.8 Å². The Balaban J connectivity index is 2.02. The molecule has 1 fully saturated rings. The highest BCUT2D eigenvalue weighted by Gasteiger charge is 2.20. The van der Waals surface area contributed by atoms with Crippen LogP contribution in [0.2, 0.25) is 0 Å². The number of nitrogens with zero attached hydrogens (tertiary/aromatic N) is 2. The van der Waals surface area contributed by atoms with Gasteiger partial charge in [-0.3, -0.25) is 0 Å². The van der Waals surface area contributed by atoms with Crippen LogP contribution in [0.25, 0.3) is 0 Å². The molecule has 1 N–H and O–H groups in total. The normalized spacial score (nSPS) is 19.3. The monoisotopic (exact) mass is 209 g/mol. The number of nitro groups is 1. The molecule has 0 aromatic carbocycles. The predicted molar refractivity (Wildman–Crippen MR) is 52.8 cm³/mol. The summed E-state index contributed by atoms with van der Waals surface area (Å²) in [6.45, 7) is 1.44. The van der Waals surface area contributed by atoms with Gasteiger partial charge in [-0.05, 0) is 35.0 Å². The zero-order valence-corrected chi connectivity index (χ0v) is 8.05. The molecule has 1 saturated heterocycles. The summed E-state index contributed by atoms with van der Waals surface area (Å²) in [5, 5.41) is 13.7. The van der Waals surface area contributed by atoms with E-state index < -0.39 is 4.92 Å². The molecular weight excluding hydrogens is 198 g/mol. The Morgan fingerprint density at radius 1 is 1.73 bits per heavy atom. The van der Waals surface area contributed by atoms with Gasteiger partial charge in [-0.15, -0.1) is 0 Å². The molecule has 1 aromatic rings. The molecule has 2 rings (SSSR count). The van der Waals surface area contributed by atoms with Gasteiger partial charge in [0.15, 0.2) is 0 Å². The fourth-order valence-electron chi connectivity index (χ4n) is 1.31. The van der Waals surface area contributed by atoms with E-state index in [1.807, 2.05) is 0 Å². The second-order valence-corrected chi connectivity index (χ2v) is 3.33. The van der Waals surface area contributed by atoms with Crippen LogP contribution < -0.4 is 10.1 Å². The molecule has 0 spiro atoms. The van der Waals surface area contributed by atoms with Crippen molar-refractivity contribution in [1.82, 2.24) is 10.3 Å². The van der Waals surface area contributed by atoms with E-state index in [9.17, 15) is 10.1 Å². The molecule has 0 bridgehead atoms. The molecule has 6 nitrogen and oxygen atoms in total. The van der Waals surface area contributed by atoms with Crippen LogP contribution in [0.1, 0.15) is 6.42 Å². The van der Waals surface area contributed by atoms with Crippen LogP contribution in [0.5, 0.6) is 5.75 Å². The summed E-state index contributed by atoms with van der Waals surface area (Å²) in [6, 6.07) is 3.49. The minimum absolute atomic E-state index is 0.225. The third kappa shape index (κ3) is 2.21. The molecule has 80 valence electrons. The number of nitrogens with one attached hydrogen (secondary N) is 1. The summed E-state index contributed by atoms with van der Waals surface area (Å²) < 4.78 is 5.34. The van der Waals surface area contributed by atoms with E-state index >= 15 is 0 Å². The maximum atomic E-state index is 10.6.